The molecule has 1 aromatic rings. The van der Waals surface area contributed by atoms with E-state index < -0.39 is 29.9 Å². The highest BCUT2D eigenvalue weighted by Gasteiger charge is 2.38. The highest BCUT2D eigenvalue weighted by atomic mass is 32.1. The fourth-order valence-electron chi connectivity index (χ4n) is 5.06. The predicted molar refractivity (Wildman–Crippen MR) is 160 cm³/mol. The van der Waals surface area contributed by atoms with E-state index in [2.05, 4.69) is 16.9 Å². The Kier molecular flexibility index (Phi) is 14.5. The highest BCUT2D eigenvalue weighted by molar-refractivity contribution is 7.10. The molecule has 2 heterocycles. The van der Waals surface area contributed by atoms with Crippen molar-refractivity contribution in [3.05, 3.63) is 28.7 Å². The number of nitrogens with zero attached hydrogens (tertiary/aromatic N) is 3. The Morgan fingerprint density at radius 3 is 2.55 bits per heavy atom. The number of ether oxygens (including phenoxy) is 2. The molecule has 234 valence electrons. The number of likely N-dealkylation sites (N-methyl/N-ethyl adjacent to an activating group) is 1. The molecule has 0 saturated carbocycles. The Labute approximate surface area is 253 Å². The molecule has 1 N–H and O–H groups in total. The van der Waals surface area contributed by atoms with Crippen LogP contribution in [0.2, 0.25) is 0 Å². The van der Waals surface area contributed by atoms with E-state index in [-0.39, 0.29) is 61.4 Å². The van der Waals surface area contributed by atoms with E-state index in [0.29, 0.717) is 11.4 Å². The second kappa shape index (κ2) is 17.2. The number of amides is 2. The zero-order valence-electron chi connectivity index (χ0n) is 25.7. The first-order valence-electron chi connectivity index (χ1n) is 14.6. The average Bonchev–Trinajstić information content (AvgIpc) is 3.45. The van der Waals surface area contributed by atoms with Gasteiger partial charge in [0.15, 0.2) is 12.4 Å². The first-order chi connectivity index (χ1) is 19.9. The fraction of sp³-hybridized carbons (Fsp3) is 0.667. The van der Waals surface area contributed by atoms with Crippen LogP contribution in [0.15, 0.2) is 18.0 Å². The summed E-state index contributed by atoms with van der Waals surface area (Å²) in [5.41, 5.74) is -0.0299. The highest BCUT2D eigenvalue weighted by Crippen LogP contribution is 2.31. The maximum absolute atomic E-state index is 14.3. The van der Waals surface area contributed by atoms with Crippen molar-refractivity contribution >= 4 is 41.2 Å². The van der Waals surface area contributed by atoms with Crippen LogP contribution in [0.1, 0.15) is 88.3 Å². The molecular weight excluding hydrogens is 560 g/mol. The van der Waals surface area contributed by atoms with Gasteiger partial charge in [0.1, 0.15) is 23.5 Å². The number of Topliss-reactive ketones (excluding diaryl/α,β-unsaturated/α-hetero) is 1. The monoisotopic (exact) mass is 606 g/mol. The summed E-state index contributed by atoms with van der Waals surface area (Å²) in [6.07, 6.45) is 4.43. The number of likely N-dealkylation sites (tertiary alicyclic amines) is 1. The van der Waals surface area contributed by atoms with E-state index in [0.717, 1.165) is 37.1 Å². The van der Waals surface area contributed by atoms with Crippen LogP contribution in [0.4, 0.5) is 0 Å². The molecule has 0 radical (unpaired) electrons. The molecule has 12 heteroatoms. The zero-order chi connectivity index (χ0) is 31.4. The lowest BCUT2D eigenvalue weighted by Crippen LogP contribution is -2.59. The van der Waals surface area contributed by atoms with Gasteiger partial charge in [-0.3, -0.25) is 28.9 Å². The number of esters is 1. The molecule has 11 nitrogen and oxygen atoms in total. The number of aromatic nitrogens is 1. The maximum Gasteiger partial charge on any atom is 0.303 e. The predicted octanol–water partition coefficient (Wildman–Crippen LogP) is 3.55. The number of rotatable bonds is 17. The third kappa shape index (κ3) is 9.81. The number of aldehydes is 1. The Balaban J connectivity index is 2.45. The number of carbonyl (C=O) groups excluding carboxylic acids is 5. The number of nitrogens with one attached hydrogen (secondary N) is 1. The van der Waals surface area contributed by atoms with Crippen LogP contribution in [0, 0.1) is 11.8 Å². The Morgan fingerprint density at radius 1 is 1.26 bits per heavy atom. The summed E-state index contributed by atoms with van der Waals surface area (Å²) in [7, 11) is 1.93. The fourth-order valence-corrected chi connectivity index (χ4v) is 5.91. The van der Waals surface area contributed by atoms with Crippen molar-refractivity contribution in [2.75, 3.05) is 26.9 Å². The maximum atomic E-state index is 14.3. The van der Waals surface area contributed by atoms with Gasteiger partial charge in [0.05, 0.1) is 12.6 Å². The van der Waals surface area contributed by atoms with Gasteiger partial charge in [-0.2, -0.15) is 0 Å². The van der Waals surface area contributed by atoms with Crippen molar-refractivity contribution in [3.8, 4) is 0 Å². The normalized spacial score (nSPS) is 18.4. The topological polar surface area (TPSA) is 135 Å². The molecule has 1 fully saturated rings. The summed E-state index contributed by atoms with van der Waals surface area (Å²) in [6.45, 7) is 13.7. The quantitative estimate of drug-likeness (QED) is 0.0537. The zero-order valence-corrected chi connectivity index (χ0v) is 26.5. The van der Waals surface area contributed by atoms with Crippen molar-refractivity contribution in [3.63, 3.8) is 0 Å². The number of ketones is 1. The summed E-state index contributed by atoms with van der Waals surface area (Å²) in [5.74, 6) is -2.07. The molecule has 2 amide bonds. The summed E-state index contributed by atoms with van der Waals surface area (Å²) in [6, 6.07) is -1.59. The van der Waals surface area contributed by atoms with E-state index in [1.54, 1.807) is 11.0 Å². The van der Waals surface area contributed by atoms with Gasteiger partial charge in [-0.1, -0.05) is 46.6 Å². The van der Waals surface area contributed by atoms with Crippen molar-refractivity contribution in [2.45, 2.75) is 91.0 Å². The van der Waals surface area contributed by atoms with Gasteiger partial charge in [-0.05, 0) is 38.3 Å². The minimum absolute atomic E-state index is 0.0299. The van der Waals surface area contributed by atoms with Crippen LogP contribution in [0.3, 0.4) is 0 Å². The summed E-state index contributed by atoms with van der Waals surface area (Å²) in [4.78, 5) is 70.6. The first kappa shape index (κ1) is 35.2. The number of carbonyl (C=O) groups is 5. The van der Waals surface area contributed by atoms with Gasteiger partial charge in [-0.25, -0.2) is 4.98 Å². The van der Waals surface area contributed by atoms with Gasteiger partial charge >= 0.3 is 5.97 Å². The molecule has 5 atom stereocenters. The Hall–Kier alpha value is -2.96. The van der Waals surface area contributed by atoms with Crippen LogP contribution in [-0.2, 0) is 28.7 Å². The van der Waals surface area contributed by atoms with E-state index in [1.165, 1.54) is 12.3 Å². The van der Waals surface area contributed by atoms with E-state index in [1.807, 2.05) is 39.6 Å². The molecule has 2 rings (SSSR count). The summed E-state index contributed by atoms with van der Waals surface area (Å²) >= 11 is 1.10. The lowest BCUT2D eigenvalue weighted by Gasteiger charge is -2.39. The van der Waals surface area contributed by atoms with E-state index in [9.17, 15) is 24.0 Å². The van der Waals surface area contributed by atoms with Gasteiger partial charge in [0.25, 0.3) is 0 Å². The van der Waals surface area contributed by atoms with E-state index in [4.69, 9.17) is 9.47 Å². The Morgan fingerprint density at radius 2 is 1.98 bits per heavy atom. The minimum atomic E-state index is -0.879. The van der Waals surface area contributed by atoms with Crippen molar-refractivity contribution in [2.24, 2.45) is 11.8 Å². The lowest BCUT2D eigenvalue weighted by atomic mass is 9.92. The largest absolute Gasteiger partial charge is 0.455 e. The third-order valence-corrected chi connectivity index (χ3v) is 8.63. The second-order valence-corrected chi connectivity index (χ2v) is 12.0. The van der Waals surface area contributed by atoms with Gasteiger partial charge in [0, 0.05) is 24.8 Å². The SMILES string of the molecule is C=CCOCN(C(=O)C(NC(=O)C1CCCCN1C)C(C)CC)C(CC(OC(C)=O)c1nc(C(=O)C=O)cs1)C(C)C. The molecule has 1 aliphatic heterocycles. The Bertz CT molecular complexity index is 1090. The van der Waals surface area contributed by atoms with Crippen LogP contribution in [-0.4, -0.2) is 89.7 Å². The minimum Gasteiger partial charge on any atom is -0.455 e. The second-order valence-electron chi connectivity index (χ2n) is 11.2. The van der Waals surface area contributed by atoms with Gasteiger partial charge in [0.2, 0.25) is 17.6 Å². The van der Waals surface area contributed by atoms with Crippen LogP contribution in [0.5, 0.6) is 0 Å². The van der Waals surface area contributed by atoms with Crippen molar-refractivity contribution in [1.29, 1.82) is 0 Å². The van der Waals surface area contributed by atoms with Crippen molar-refractivity contribution in [1.82, 2.24) is 20.1 Å². The van der Waals surface area contributed by atoms with Crippen LogP contribution in [0.25, 0.3) is 0 Å². The molecule has 1 aliphatic rings. The van der Waals surface area contributed by atoms with Crippen molar-refractivity contribution < 1.29 is 33.4 Å². The van der Waals surface area contributed by atoms with Gasteiger partial charge in [-0.15, -0.1) is 17.9 Å². The average molecular weight is 607 g/mol. The number of hydrogen-bond donors (Lipinski definition) is 1. The first-order valence-corrected chi connectivity index (χ1v) is 15.4. The molecule has 1 saturated heterocycles. The smallest absolute Gasteiger partial charge is 0.303 e. The molecule has 5 unspecified atom stereocenters. The molecule has 0 bridgehead atoms. The number of thiazole rings is 1. The molecule has 0 spiro atoms. The third-order valence-electron chi connectivity index (χ3n) is 7.69. The van der Waals surface area contributed by atoms with Crippen LogP contribution < -0.4 is 5.32 Å². The van der Waals surface area contributed by atoms with Gasteiger partial charge < -0.3 is 19.7 Å². The van der Waals surface area contributed by atoms with Crippen LogP contribution >= 0.6 is 11.3 Å². The molecule has 0 aromatic carbocycles. The molecule has 1 aromatic heterocycles. The summed E-state index contributed by atoms with van der Waals surface area (Å²) < 4.78 is 11.4. The molecule has 42 heavy (non-hydrogen) atoms. The molecule has 0 aliphatic carbocycles. The summed E-state index contributed by atoms with van der Waals surface area (Å²) in [5, 5.41) is 4.84. The van der Waals surface area contributed by atoms with E-state index >= 15 is 0 Å². The number of hydrogen-bond acceptors (Lipinski definition) is 10. The number of piperidine rings is 1. The standard InChI is InChI=1S/C30H46N4O7S/c1-8-14-40-18-34(30(39)27(20(5)9-2)32-28(38)23-12-10-11-13-33(23)7)24(19(3)4)15-26(41-21(6)36)29-31-22(17-42-29)25(37)16-35/h8,16-17,19-20,23-24,26-27H,1,9-15,18H2,2-7H3,(H,32,38). The molecular formula is C30H46N4O7S. The lowest BCUT2D eigenvalue weighted by molar-refractivity contribution is -0.152.